The number of nitrogens with zero attached hydrogens (tertiary/aromatic N) is 1. The number of hydrogen-bond acceptors (Lipinski definition) is 0. The number of benzene rings is 1. The normalized spacial score (nSPS) is 12.3. The lowest BCUT2D eigenvalue weighted by molar-refractivity contribution is -0.137. The fourth-order valence-corrected chi connectivity index (χ4v) is 1.64. The highest BCUT2D eigenvalue weighted by molar-refractivity contribution is 5.80. The maximum atomic E-state index is 12.4. The van der Waals surface area contributed by atoms with Gasteiger partial charge in [0.2, 0.25) is 0 Å². The van der Waals surface area contributed by atoms with E-state index < -0.39 is 11.7 Å². The molecular formula is C11H10F3N. The molecule has 0 fully saturated rings. The highest BCUT2D eigenvalue weighted by atomic mass is 19.4. The second-order valence-corrected chi connectivity index (χ2v) is 3.37. The van der Waals surface area contributed by atoms with E-state index in [-0.39, 0.29) is 0 Å². The van der Waals surface area contributed by atoms with Gasteiger partial charge in [0.1, 0.15) is 0 Å². The van der Waals surface area contributed by atoms with Crippen LogP contribution < -0.4 is 0 Å². The molecule has 0 bridgehead atoms. The number of hydrogen-bond donors (Lipinski definition) is 0. The van der Waals surface area contributed by atoms with E-state index in [0.717, 1.165) is 11.5 Å². The van der Waals surface area contributed by atoms with E-state index in [0.29, 0.717) is 12.1 Å². The minimum absolute atomic E-state index is 0.594. The largest absolute Gasteiger partial charge is 0.416 e. The van der Waals surface area contributed by atoms with Crippen molar-refractivity contribution in [2.24, 2.45) is 0 Å². The van der Waals surface area contributed by atoms with Gasteiger partial charge in [-0.15, -0.1) is 0 Å². The van der Waals surface area contributed by atoms with Crippen molar-refractivity contribution in [1.29, 1.82) is 0 Å². The average molecular weight is 213 g/mol. The van der Waals surface area contributed by atoms with E-state index in [1.165, 1.54) is 12.1 Å². The topological polar surface area (TPSA) is 4.93 Å². The summed E-state index contributed by atoms with van der Waals surface area (Å²) in [6.45, 7) is 2.57. The highest BCUT2D eigenvalue weighted by Crippen LogP contribution is 2.31. The lowest BCUT2D eigenvalue weighted by Crippen LogP contribution is -2.04. The maximum absolute atomic E-state index is 12.4. The number of rotatable bonds is 1. The van der Waals surface area contributed by atoms with Crippen molar-refractivity contribution >= 4 is 10.9 Å². The first-order valence-electron chi connectivity index (χ1n) is 4.68. The Morgan fingerprint density at radius 1 is 1.20 bits per heavy atom. The maximum Gasteiger partial charge on any atom is 0.416 e. The number of aromatic nitrogens is 1. The van der Waals surface area contributed by atoms with Gasteiger partial charge in [0.25, 0.3) is 0 Å². The molecule has 0 N–H and O–H groups in total. The smallest absolute Gasteiger partial charge is 0.348 e. The van der Waals surface area contributed by atoms with Crippen molar-refractivity contribution in [3.8, 4) is 0 Å². The van der Waals surface area contributed by atoms with Crippen molar-refractivity contribution in [3.63, 3.8) is 0 Å². The van der Waals surface area contributed by atoms with Gasteiger partial charge in [-0.25, -0.2) is 0 Å². The van der Waals surface area contributed by atoms with Crippen LogP contribution in [0.2, 0.25) is 0 Å². The molecule has 2 aromatic rings. The first kappa shape index (κ1) is 10.1. The Hall–Kier alpha value is -1.45. The van der Waals surface area contributed by atoms with E-state index in [9.17, 15) is 13.2 Å². The molecule has 1 nitrogen and oxygen atoms in total. The van der Waals surface area contributed by atoms with E-state index in [1.54, 1.807) is 10.8 Å². The van der Waals surface area contributed by atoms with E-state index in [2.05, 4.69) is 0 Å². The third-order valence-corrected chi connectivity index (χ3v) is 2.44. The van der Waals surface area contributed by atoms with Gasteiger partial charge in [-0.05, 0) is 30.5 Å². The van der Waals surface area contributed by atoms with Crippen LogP contribution in [0.1, 0.15) is 12.5 Å². The first-order chi connectivity index (χ1) is 7.02. The zero-order valence-electron chi connectivity index (χ0n) is 8.17. The van der Waals surface area contributed by atoms with Gasteiger partial charge in [0, 0.05) is 18.3 Å². The van der Waals surface area contributed by atoms with Crippen LogP contribution in [0, 0.1) is 0 Å². The molecule has 0 radical (unpaired) electrons. The molecule has 80 valence electrons. The van der Waals surface area contributed by atoms with Crippen LogP contribution in [0.25, 0.3) is 10.9 Å². The molecule has 1 heterocycles. The summed E-state index contributed by atoms with van der Waals surface area (Å²) in [6.07, 6.45) is -2.47. The van der Waals surface area contributed by atoms with E-state index >= 15 is 0 Å². The third-order valence-electron chi connectivity index (χ3n) is 2.44. The molecule has 0 aliphatic rings. The summed E-state index contributed by atoms with van der Waals surface area (Å²) < 4.78 is 39.1. The van der Waals surface area contributed by atoms with Gasteiger partial charge in [0.15, 0.2) is 0 Å². The van der Waals surface area contributed by atoms with Crippen LogP contribution >= 0.6 is 0 Å². The van der Waals surface area contributed by atoms with Gasteiger partial charge in [0.05, 0.1) is 5.56 Å². The molecule has 0 atom stereocenters. The molecule has 4 heteroatoms. The Balaban J connectivity index is 2.63. The van der Waals surface area contributed by atoms with Crippen molar-refractivity contribution in [3.05, 3.63) is 36.0 Å². The predicted octanol–water partition coefficient (Wildman–Crippen LogP) is 3.68. The van der Waals surface area contributed by atoms with Gasteiger partial charge in [-0.1, -0.05) is 6.07 Å². The Morgan fingerprint density at radius 2 is 1.93 bits per heavy atom. The number of alkyl halides is 3. The lowest BCUT2D eigenvalue weighted by Gasteiger charge is -2.07. The predicted molar refractivity (Wildman–Crippen MR) is 52.6 cm³/mol. The molecule has 1 aromatic heterocycles. The SMILES string of the molecule is CCn1ccc2ccc(C(F)(F)F)cc21. The van der Waals surface area contributed by atoms with Crippen LogP contribution in [0.15, 0.2) is 30.5 Å². The summed E-state index contributed by atoms with van der Waals surface area (Å²) >= 11 is 0. The van der Waals surface area contributed by atoms with Crippen molar-refractivity contribution in [2.45, 2.75) is 19.6 Å². The Kier molecular flexibility index (Phi) is 2.21. The van der Waals surface area contributed by atoms with Gasteiger partial charge in [-0.3, -0.25) is 0 Å². The third kappa shape index (κ3) is 1.71. The van der Waals surface area contributed by atoms with Gasteiger partial charge >= 0.3 is 6.18 Å². The van der Waals surface area contributed by atoms with Crippen LogP contribution in [-0.4, -0.2) is 4.57 Å². The average Bonchev–Trinajstić information content (AvgIpc) is 2.57. The molecule has 0 unspecified atom stereocenters. The molecule has 0 aliphatic carbocycles. The highest BCUT2D eigenvalue weighted by Gasteiger charge is 2.30. The van der Waals surface area contributed by atoms with Crippen LogP contribution in [0.4, 0.5) is 13.2 Å². The molecule has 15 heavy (non-hydrogen) atoms. The van der Waals surface area contributed by atoms with Crippen molar-refractivity contribution < 1.29 is 13.2 Å². The molecule has 0 amide bonds. The Bertz CT molecular complexity index is 482. The summed E-state index contributed by atoms with van der Waals surface area (Å²) in [7, 11) is 0. The Labute approximate surface area is 85.1 Å². The van der Waals surface area contributed by atoms with E-state index in [1.807, 2.05) is 13.0 Å². The molecule has 0 saturated carbocycles. The zero-order chi connectivity index (χ0) is 11.1. The van der Waals surface area contributed by atoms with Gasteiger partial charge in [-0.2, -0.15) is 13.2 Å². The summed E-state index contributed by atoms with van der Waals surface area (Å²) in [5.74, 6) is 0. The fraction of sp³-hybridized carbons (Fsp3) is 0.273. The van der Waals surface area contributed by atoms with Crippen LogP contribution in [-0.2, 0) is 12.7 Å². The van der Waals surface area contributed by atoms with Crippen molar-refractivity contribution in [1.82, 2.24) is 4.57 Å². The number of fused-ring (bicyclic) bond motifs is 1. The van der Waals surface area contributed by atoms with Crippen LogP contribution in [0.5, 0.6) is 0 Å². The molecule has 2 rings (SSSR count). The zero-order valence-corrected chi connectivity index (χ0v) is 8.17. The minimum atomic E-state index is -4.27. The Morgan fingerprint density at radius 3 is 2.53 bits per heavy atom. The molecule has 1 aromatic carbocycles. The number of halogens is 3. The molecule has 0 saturated heterocycles. The summed E-state index contributed by atoms with van der Waals surface area (Å²) in [5, 5.41) is 0.838. The minimum Gasteiger partial charge on any atom is -0.348 e. The monoisotopic (exact) mass is 213 g/mol. The molecular weight excluding hydrogens is 203 g/mol. The second kappa shape index (κ2) is 3.29. The van der Waals surface area contributed by atoms with E-state index in [4.69, 9.17) is 0 Å². The van der Waals surface area contributed by atoms with Gasteiger partial charge < -0.3 is 4.57 Å². The molecule has 0 aliphatic heterocycles. The summed E-state index contributed by atoms with van der Waals surface area (Å²) in [4.78, 5) is 0. The lowest BCUT2D eigenvalue weighted by atomic mass is 10.1. The summed E-state index contributed by atoms with van der Waals surface area (Å²) in [6, 6.07) is 5.63. The quantitative estimate of drug-likeness (QED) is 0.681. The van der Waals surface area contributed by atoms with Crippen molar-refractivity contribution in [2.75, 3.05) is 0 Å². The summed E-state index contributed by atoms with van der Waals surface area (Å²) in [5.41, 5.74) is 0.0377. The second-order valence-electron chi connectivity index (χ2n) is 3.37. The number of aryl methyl sites for hydroxylation is 1. The van der Waals surface area contributed by atoms with Crippen LogP contribution in [0.3, 0.4) is 0 Å². The molecule has 0 spiro atoms. The fourth-order valence-electron chi connectivity index (χ4n) is 1.64. The first-order valence-corrected chi connectivity index (χ1v) is 4.68. The standard InChI is InChI=1S/C11H10F3N/c1-2-15-6-5-8-3-4-9(7-10(8)15)11(12,13)14/h3-7H,2H2,1H3.